The Morgan fingerprint density at radius 2 is 2.29 bits per heavy atom. The summed E-state index contributed by atoms with van der Waals surface area (Å²) in [6.45, 7) is 5.45. The molecule has 0 unspecified atom stereocenters. The highest BCUT2D eigenvalue weighted by Gasteiger charge is 2.40. The SMILES string of the molecule is CNCc1nnc(N2CCNC(=O)C2(C)C)o1. The van der Waals surface area contributed by atoms with Crippen molar-refractivity contribution in [2.24, 2.45) is 0 Å². The third-order valence-corrected chi connectivity index (χ3v) is 2.87. The molecule has 0 aliphatic carbocycles. The van der Waals surface area contributed by atoms with E-state index in [2.05, 4.69) is 20.8 Å². The molecule has 94 valence electrons. The van der Waals surface area contributed by atoms with Gasteiger partial charge in [-0.25, -0.2) is 0 Å². The highest BCUT2D eigenvalue weighted by atomic mass is 16.4. The maximum absolute atomic E-state index is 11.8. The van der Waals surface area contributed by atoms with Gasteiger partial charge in [-0.15, -0.1) is 5.10 Å². The molecule has 1 saturated heterocycles. The third-order valence-electron chi connectivity index (χ3n) is 2.87. The summed E-state index contributed by atoms with van der Waals surface area (Å²) in [4.78, 5) is 13.6. The van der Waals surface area contributed by atoms with Gasteiger partial charge in [0.25, 0.3) is 0 Å². The van der Waals surface area contributed by atoms with E-state index in [1.807, 2.05) is 25.8 Å². The van der Waals surface area contributed by atoms with Crippen molar-refractivity contribution in [1.82, 2.24) is 20.8 Å². The maximum Gasteiger partial charge on any atom is 0.319 e. The van der Waals surface area contributed by atoms with Gasteiger partial charge in [0.05, 0.1) is 6.54 Å². The Morgan fingerprint density at radius 3 is 3.00 bits per heavy atom. The van der Waals surface area contributed by atoms with E-state index in [-0.39, 0.29) is 5.91 Å². The molecular weight excluding hydrogens is 222 g/mol. The summed E-state index contributed by atoms with van der Waals surface area (Å²) in [6.07, 6.45) is 0. The van der Waals surface area contributed by atoms with Crippen LogP contribution in [0.15, 0.2) is 4.42 Å². The first-order valence-electron chi connectivity index (χ1n) is 5.58. The van der Waals surface area contributed by atoms with Crippen molar-refractivity contribution in [1.29, 1.82) is 0 Å². The van der Waals surface area contributed by atoms with Crippen LogP contribution in [0.1, 0.15) is 19.7 Å². The molecule has 0 saturated carbocycles. The van der Waals surface area contributed by atoms with Gasteiger partial charge in [-0.2, -0.15) is 0 Å². The highest BCUT2D eigenvalue weighted by Crippen LogP contribution is 2.24. The van der Waals surface area contributed by atoms with Crippen LogP contribution in [0.5, 0.6) is 0 Å². The predicted octanol–water partition coefficient (Wildman–Crippen LogP) is -0.496. The van der Waals surface area contributed by atoms with Gasteiger partial charge in [0, 0.05) is 13.1 Å². The molecule has 0 atom stereocenters. The van der Waals surface area contributed by atoms with E-state index in [1.165, 1.54) is 0 Å². The molecule has 7 nitrogen and oxygen atoms in total. The molecule has 2 heterocycles. The summed E-state index contributed by atoms with van der Waals surface area (Å²) in [5, 5.41) is 13.7. The van der Waals surface area contributed by atoms with E-state index in [4.69, 9.17) is 4.42 Å². The number of nitrogens with one attached hydrogen (secondary N) is 2. The van der Waals surface area contributed by atoms with Gasteiger partial charge in [-0.05, 0) is 20.9 Å². The van der Waals surface area contributed by atoms with Gasteiger partial charge in [0.1, 0.15) is 5.54 Å². The molecule has 2 rings (SSSR count). The minimum Gasteiger partial charge on any atom is -0.407 e. The second-order valence-corrected chi connectivity index (χ2v) is 4.48. The van der Waals surface area contributed by atoms with Crippen molar-refractivity contribution in [3.63, 3.8) is 0 Å². The molecule has 7 heteroatoms. The average molecular weight is 239 g/mol. The van der Waals surface area contributed by atoms with Crippen LogP contribution in [0.2, 0.25) is 0 Å². The Morgan fingerprint density at radius 1 is 1.53 bits per heavy atom. The molecular formula is C10H17N5O2. The lowest BCUT2D eigenvalue weighted by atomic mass is 10.00. The molecule has 0 spiro atoms. The van der Waals surface area contributed by atoms with Gasteiger partial charge in [0.2, 0.25) is 11.8 Å². The standard InChI is InChI=1S/C10H17N5O2/c1-10(2)8(16)12-4-5-15(10)9-14-13-7(17-9)6-11-3/h11H,4-6H2,1-3H3,(H,12,16). The largest absolute Gasteiger partial charge is 0.407 e. The summed E-state index contributed by atoms with van der Waals surface area (Å²) < 4.78 is 5.51. The zero-order chi connectivity index (χ0) is 12.5. The van der Waals surface area contributed by atoms with Crippen LogP contribution in [0, 0.1) is 0 Å². The molecule has 17 heavy (non-hydrogen) atoms. The molecule has 2 N–H and O–H groups in total. The normalized spacial score (nSPS) is 19.2. The molecule has 0 radical (unpaired) electrons. The van der Waals surface area contributed by atoms with E-state index in [0.29, 0.717) is 31.5 Å². The maximum atomic E-state index is 11.8. The van der Waals surface area contributed by atoms with Gasteiger partial charge in [0.15, 0.2) is 0 Å². The van der Waals surface area contributed by atoms with Gasteiger partial charge in [-0.1, -0.05) is 5.10 Å². The quantitative estimate of drug-likeness (QED) is 0.740. The average Bonchev–Trinajstić information content (AvgIpc) is 2.71. The minimum absolute atomic E-state index is 0.0304. The molecule has 0 bridgehead atoms. The number of piperazine rings is 1. The van der Waals surface area contributed by atoms with Crippen LogP contribution in [-0.4, -0.2) is 41.8 Å². The number of rotatable bonds is 3. The van der Waals surface area contributed by atoms with Gasteiger partial charge < -0.3 is 20.0 Å². The van der Waals surface area contributed by atoms with Crippen LogP contribution in [0.25, 0.3) is 0 Å². The van der Waals surface area contributed by atoms with Crippen molar-refractivity contribution < 1.29 is 9.21 Å². The van der Waals surface area contributed by atoms with Crippen LogP contribution in [0.3, 0.4) is 0 Å². The Bertz CT molecular complexity index is 415. The summed E-state index contributed by atoms with van der Waals surface area (Å²) in [6, 6.07) is 0.398. The van der Waals surface area contributed by atoms with E-state index in [0.717, 1.165) is 0 Å². The second-order valence-electron chi connectivity index (χ2n) is 4.48. The molecule has 1 aromatic rings. The number of carbonyl (C=O) groups is 1. The smallest absolute Gasteiger partial charge is 0.319 e. The number of anilines is 1. The Labute approximate surface area is 99.6 Å². The fraction of sp³-hybridized carbons (Fsp3) is 0.700. The molecule has 1 aliphatic rings. The zero-order valence-corrected chi connectivity index (χ0v) is 10.3. The first-order chi connectivity index (χ1) is 8.05. The summed E-state index contributed by atoms with van der Waals surface area (Å²) in [5.41, 5.74) is -0.665. The Balaban J connectivity index is 2.22. The molecule has 1 fully saturated rings. The van der Waals surface area contributed by atoms with E-state index in [9.17, 15) is 4.79 Å². The fourth-order valence-electron chi connectivity index (χ4n) is 1.81. The summed E-state index contributed by atoms with van der Waals surface area (Å²) in [7, 11) is 1.81. The van der Waals surface area contributed by atoms with Crippen LogP contribution < -0.4 is 15.5 Å². The summed E-state index contributed by atoms with van der Waals surface area (Å²) >= 11 is 0. The number of nitrogens with zero attached hydrogens (tertiary/aromatic N) is 3. The molecule has 0 aromatic carbocycles. The van der Waals surface area contributed by atoms with E-state index < -0.39 is 5.54 Å². The first-order valence-corrected chi connectivity index (χ1v) is 5.58. The number of hydrogen-bond acceptors (Lipinski definition) is 6. The van der Waals surface area contributed by atoms with Crippen molar-refractivity contribution in [3.8, 4) is 0 Å². The number of amides is 1. The van der Waals surface area contributed by atoms with E-state index in [1.54, 1.807) is 0 Å². The van der Waals surface area contributed by atoms with Gasteiger partial charge in [-0.3, -0.25) is 4.79 Å². The second kappa shape index (κ2) is 4.33. The Hall–Kier alpha value is -1.63. The minimum atomic E-state index is -0.665. The molecule has 1 amide bonds. The zero-order valence-electron chi connectivity index (χ0n) is 10.3. The van der Waals surface area contributed by atoms with Crippen molar-refractivity contribution in [3.05, 3.63) is 5.89 Å². The van der Waals surface area contributed by atoms with Crippen LogP contribution in [-0.2, 0) is 11.3 Å². The Kier molecular flexibility index (Phi) is 3.01. The van der Waals surface area contributed by atoms with Gasteiger partial charge >= 0.3 is 6.01 Å². The van der Waals surface area contributed by atoms with Crippen molar-refractivity contribution >= 4 is 11.9 Å². The van der Waals surface area contributed by atoms with Crippen molar-refractivity contribution in [2.75, 3.05) is 25.0 Å². The predicted molar refractivity (Wildman–Crippen MR) is 61.5 cm³/mol. The monoisotopic (exact) mass is 239 g/mol. The molecule has 1 aliphatic heterocycles. The lowest BCUT2D eigenvalue weighted by Gasteiger charge is -2.39. The van der Waals surface area contributed by atoms with E-state index >= 15 is 0 Å². The number of aromatic nitrogens is 2. The lowest BCUT2D eigenvalue weighted by molar-refractivity contribution is -0.126. The number of hydrogen-bond donors (Lipinski definition) is 2. The topological polar surface area (TPSA) is 83.3 Å². The lowest BCUT2D eigenvalue weighted by Crippen LogP contribution is -2.62. The highest BCUT2D eigenvalue weighted by molar-refractivity contribution is 5.89. The molecule has 1 aromatic heterocycles. The fourth-order valence-corrected chi connectivity index (χ4v) is 1.81. The first kappa shape index (κ1) is 11.8. The van der Waals surface area contributed by atoms with Crippen LogP contribution >= 0.6 is 0 Å². The number of carbonyl (C=O) groups excluding carboxylic acids is 1. The summed E-state index contributed by atoms with van der Waals surface area (Å²) in [5.74, 6) is 0.487. The van der Waals surface area contributed by atoms with Crippen molar-refractivity contribution in [2.45, 2.75) is 25.9 Å². The van der Waals surface area contributed by atoms with Crippen LogP contribution in [0.4, 0.5) is 6.01 Å². The third kappa shape index (κ3) is 2.10.